The predicted molar refractivity (Wildman–Crippen MR) is 175 cm³/mol. The van der Waals surface area contributed by atoms with Gasteiger partial charge in [-0.2, -0.15) is 0 Å². The second kappa shape index (κ2) is 13.5. The Balaban J connectivity index is 1.42. The van der Waals surface area contributed by atoms with Gasteiger partial charge < -0.3 is 25.8 Å². The Morgan fingerprint density at radius 3 is 2.20 bits per heavy atom. The van der Waals surface area contributed by atoms with E-state index < -0.39 is 51.4 Å². The third-order valence-electron chi connectivity index (χ3n) is 9.21. The number of hydrogen-bond donors (Lipinski definition) is 3. The minimum Gasteiger partial charge on any atom is -0.347 e. The summed E-state index contributed by atoms with van der Waals surface area (Å²) >= 11 is 7.30. The van der Waals surface area contributed by atoms with E-state index in [1.54, 1.807) is 49.3 Å². The first-order valence-electron chi connectivity index (χ1n) is 15.3. The van der Waals surface area contributed by atoms with E-state index in [-0.39, 0.29) is 40.9 Å². The van der Waals surface area contributed by atoms with Crippen LogP contribution in [0, 0.1) is 29.1 Å². The van der Waals surface area contributed by atoms with Crippen LogP contribution >= 0.6 is 31.9 Å². The summed E-state index contributed by atoms with van der Waals surface area (Å²) in [7, 11) is 3.15. The van der Waals surface area contributed by atoms with E-state index in [0.29, 0.717) is 18.5 Å². The summed E-state index contributed by atoms with van der Waals surface area (Å²) in [4.78, 5) is 82.2. The quantitative estimate of drug-likeness (QED) is 0.221. The average Bonchev–Trinajstić information content (AvgIpc) is 3.84. The van der Waals surface area contributed by atoms with Crippen LogP contribution in [0.25, 0.3) is 0 Å². The van der Waals surface area contributed by atoms with Crippen LogP contribution in [0.2, 0.25) is 0 Å². The summed E-state index contributed by atoms with van der Waals surface area (Å²) in [5, 5.41) is 7.79. The largest absolute Gasteiger partial charge is 0.347 e. The van der Waals surface area contributed by atoms with Gasteiger partial charge in [0.2, 0.25) is 29.4 Å². The molecule has 5 amide bonds. The number of nitrogens with zero attached hydrogens (tertiary/aromatic N) is 2. The Morgan fingerprint density at radius 2 is 1.64 bits per heavy atom. The lowest BCUT2D eigenvalue weighted by molar-refractivity contribution is -0.146. The van der Waals surface area contributed by atoms with E-state index in [9.17, 15) is 28.8 Å². The molecule has 1 aromatic rings. The molecule has 1 aromatic carbocycles. The van der Waals surface area contributed by atoms with Crippen LogP contribution in [0.1, 0.15) is 58.6 Å². The molecule has 0 bridgehead atoms. The maximum Gasteiger partial charge on any atom is 0.290 e. The Labute approximate surface area is 281 Å². The van der Waals surface area contributed by atoms with Crippen molar-refractivity contribution in [3.8, 4) is 0 Å². The average molecular weight is 754 g/mol. The molecule has 45 heavy (non-hydrogen) atoms. The Hall–Kier alpha value is -2.80. The number of rotatable bonds is 12. The smallest absolute Gasteiger partial charge is 0.290 e. The standard InChI is InChI=1S/C32H43Br2N5O6/c1-17(31(2,3)4)29(44)39-16-20-23(32(20,33)34)25(39)27(42)36-21(14-18-12-13-18)26(41)28(43)35-15-22(40)37-24(30(45)38(5)6)19-10-8-7-9-11-19/h7-11,17-18,20-21,23-25H,12-16H2,1-6H3,(H,35,43)(H,36,42)(H,37,40)/t17-,20+,21?,23+,24+,25+/m1/s1. The molecule has 1 aliphatic heterocycles. The second-order valence-corrected chi connectivity index (χ2v) is 17.4. The van der Waals surface area contributed by atoms with Crippen LogP contribution < -0.4 is 16.0 Å². The highest BCUT2D eigenvalue weighted by atomic mass is 79.9. The first kappa shape index (κ1) is 35.1. The Morgan fingerprint density at radius 1 is 1.02 bits per heavy atom. The number of halogens is 2. The third-order valence-corrected chi connectivity index (χ3v) is 11.4. The fraction of sp³-hybridized carbons (Fsp3) is 0.625. The number of benzene rings is 1. The van der Waals surface area contributed by atoms with Crippen LogP contribution in [-0.4, -0.2) is 87.6 Å². The van der Waals surface area contributed by atoms with Gasteiger partial charge in [0.15, 0.2) is 0 Å². The lowest BCUT2D eigenvalue weighted by atomic mass is 9.81. The molecule has 4 rings (SSSR count). The van der Waals surface area contributed by atoms with E-state index in [1.165, 1.54) is 4.90 Å². The molecule has 6 atom stereocenters. The minimum atomic E-state index is -1.10. The number of Topliss-reactive ketones (excluding diaryl/α,β-unsaturated/α-hetero) is 1. The van der Waals surface area contributed by atoms with Crippen molar-refractivity contribution in [1.82, 2.24) is 25.8 Å². The molecule has 0 radical (unpaired) electrons. The number of likely N-dealkylation sites (N-methyl/N-ethyl adjacent to an activating group) is 1. The van der Waals surface area contributed by atoms with E-state index in [4.69, 9.17) is 0 Å². The molecular weight excluding hydrogens is 710 g/mol. The predicted octanol–water partition coefficient (Wildman–Crippen LogP) is 2.53. The molecule has 11 nitrogen and oxygen atoms in total. The molecule has 0 spiro atoms. The summed E-state index contributed by atoms with van der Waals surface area (Å²) < 4.78 is -0.476. The highest BCUT2D eigenvalue weighted by Gasteiger charge is 2.73. The van der Waals surface area contributed by atoms with Gasteiger partial charge in [-0.1, -0.05) is 103 Å². The van der Waals surface area contributed by atoms with E-state index >= 15 is 0 Å². The molecule has 2 aliphatic carbocycles. The minimum absolute atomic E-state index is 0.0304. The molecule has 3 N–H and O–H groups in total. The highest BCUT2D eigenvalue weighted by Crippen LogP contribution is 2.67. The Bertz CT molecular complexity index is 1340. The summed E-state index contributed by atoms with van der Waals surface area (Å²) in [5.41, 5.74) is 0.268. The fourth-order valence-electron chi connectivity index (χ4n) is 5.74. The van der Waals surface area contributed by atoms with Crippen molar-refractivity contribution in [1.29, 1.82) is 0 Å². The van der Waals surface area contributed by atoms with Gasteiger partial charge in [0, 0.05) is 38.4 Å². The number of amides is 5. The van der Waals surface area contributed by atoms with Gasteiger partial charge in [-0.15, -0.1) is 0 Å². The van der Waals surface area contributed by atoms with Crippen molar-refractivity contribution in [3.63, 3.8) is 0 Å². The zero-order valence-corrected chi connectivity index (χ0v) is 29.7. The number of nitrogens with one attached hydrogen (secondary N) is 3. The molecule has 246 valence electrons. The van der Waals surface area contributed by atoms with E-state index in [2.05, 4.69) is 47.8 Å². The van der Waals surface area contributed by atoms with Crippen molar-refractivity contribution in [2.24, 2.45) is 29.1 Å². The SMILES string of the molecule is C[C@H](C(=O)N1C[C@H]2[C@@H]([C@H]1C(=O)NC(CC1CC1)C(=O)C(=O)NCC(=O)N[C@H](C(=O)N(C)C)c1ccccc1)C2(Br)Br)C(C)(C)C. The van der Waals surface area contributed by atoms with Gasteiger partial charge in [0.25, 0.3) is 5.91 Å². The lowest BCUT2D eigenvalue weighted by Crippen LogP contribution is -2.56. The zero-order chi connectivity index (χ0) is 33.4. The maximum atomic E-state index is 13.8. The molecular formula is C32H43Br2N5O6. The normalized spacial score (nSPS) is 23.6. The number of hydrogen-bond acceptors (Lipinski definition) is 6. The van der Waals surface area contributed by atoms with Gasteiger partial charge in [0.05, 0.1) is 15.8 Å². The fourth-order valence-corrected chi connectivity index (χ4v) is 7.47. The van der Waals surface area contributed by atoms with Crippen LogP contribution in [-0.2, 0) is 28.8 Å². The van der Waals surface area contributed by atoms with Crippen molar-refractivity contribution >= 4 is 67.2 Å². The van der Waals surface area contributed by atoms with Crippen LogP contribution in [0.3, 0.4) is 0 Å². The summed E-state index contributed by atoms with van der Waals surface area (Å²) in [6.07, 6.45) is 2.06. The molecule has 13 heteroatoms. The molecule has 2 saturated carbocycles. The third kappa shape index (κ3) is 7.96. The van der Waals surface area contributed by atoms with Crippen molar-refractivity contribution in [2.75, 3.05) is 27.2 Å². The first-order valence-corrected chi connectivity index (χ1v) is 16.9. The highest BCUT2D eigenvalue weighted by molar-refractivity contribution is 9.25. The maximum absolute atomic E-state index is 13.8. The van der Waals surface area contributed by atoms with E-state index in [0.717, 1.165) is 12.8 Å². The molecule has 3 aliphatic rings. The van der Waals surface area contributed by atoms with E-state index in [1.807, 2.05) is 27.7 Å². The van der Waals surface area contributed by atoms with Gasteiger partial charge in [0.1, 0.15) is 12.1 Å². The summed E-state index contributed by atoms with van der Waals surface area (Å²) in [5.74, 6) is -3.77. The number of ketones is 1. The van der Waals surface area contributed by atoms with Crippen molar-refractivity contribution in [2.45, 2.75) is 68.3 Å². The van der Waals surface area contributed by atoms with Gasteiger partial charge in [-0.25, -0.2) is 0 Å². The Kier molecular flexibility index (Phi) is 10.5. The molecule has 1 unspecified atom stereocenters. The number of piperidine rings is 1. The van der Waals surface area contributed by atoms with Gasteiger partial charge in [-0.3, -0.25) is 28.8 Å². The van der Waals surface area contributed by atoms with Crippen LogP contribution in [0.4, 0.5) is 0 Å². The lowest BCUT2D eigenvalue weighted by Gasteiger charge is -2.35. The summed E-state index contributed by atoms with van der Waals surface area (Å²) in [6.45, 7) is 7.65. The number of likely N-dealkylation sites (tertiary alicyclic amines) is 1. The van der Waals surface area contributed by atoms with Gasteiger partial charge in [-0.05, 0) is 23.3 Å². The van der Waals surface area contributed by atoms with Crippen LogP contribution in [0.15, 0.2) is 30.3 Å². The second-order valence-electron chi connectivity index (χ2n) is 13.8. The van der Waals surface area contributed by atoms with Gasteiger partial charge >= 0.3 is 0 Å². The first-order chi connectivity index (χ1) is 20.9. The topological polar surface area (TPSA) is 145 Å². The molecule has 3 fully saturated rings. The molecule has 1 saturated heterocycles. The summed E-state index contributed by atoms with van der Waals surface area (Å²) in [6, 6.07) is 5.83. The monoisotopic (exact) mass is 751 g/mol. The molecule has 1 heterocycles. The number of fused-ring (bicyclic) bond motifs is 1. The number of carbonyl (C=O) groups excluding carboxylic acids is 6. The number of alkyl halides is 2. The van der Waals surface area contributed by atoms with Crippen molar-refractivity contribution in [3.05, 3.63) is 35.9 Å². The van der Waals surface area contributed by atoms with Crippen molar-refractivity contribution < 1.29 is 28.8 Å². The molecule has 0 aromatic heterocycles. The van der Waals surface area contributed by atoms with Crippen LogP contribution in [0.5, 0.6) is 0 Å². The number of carbonyl (C=O) groups is 6. The zero-order valence-electron chi connectivity index (χ0n) is 26.6.